The summed E-state index contributed by atoms with van der Waals surface area (Å²) < 4.78 is 5.75. The van der Waals surface area contributed by atoms with E-state index in [1.165, 1.54) is 0 Å². The third-order valence-corrected chi connectivity index (χ3v) is 3.88. The summed E-state index contributed by atoms with van der Waals surface area (Å²) in [6.07, 6.45) is 2.06. The van der Waals surface area contributed by atoms with Crippen molar-refractivity contribution in [3.8, 4) is 11.5 Å². The van der Waals surface area contributed by atoms with Crippen molar-refractivity contribution in [2.45, 2.75) is 38.4 Å². The maximum Gasteiger partial charge on any atom is 0.247 e. The number of nitrogens with zero attached hydrogens (tertiary/aromatic N) is 3. The molecule has 5 heteroatoms. The minimum atomic E-state index is 0.323. The van der Waals surface area contributed by atoms with Gasteiger partial charge in [0.05, 0.1) is 6.54 Å². The molecular weight excluding hydrogens is 252 g/mol. The molecule has 1 aromatic heterocycles. The van der Waals surface area contributed by atoms with Crippen molar-refractivity contribution in [3.63, 3.8) is 0 Å². The molecule has 1 aliphatic rings. The predicted molar refractivity (Wildman–Crippen MR) is 76.8 cm³/mol. The summed E-state index contributed by atoms with van der Waals surface area (Å²) in [4.78, 5) is 2.35. The van der Waals surface area contributed by atoms with Crippen molar-refractivity contribution in [2.75, 3.05) is 6.54 Å². The lowest BCUT2D eigenvalue weighted by Crippen LogP contribution is -2.45. The zero-order valence-electron chi connectivity index (χ0n) is 11.7. The lowest BCUT2D eigenvalue weighted by Gasteiger charge is -2.35. The van der Waals surface area contributed by atoms with Crippen LogP contribution < -0.4 is 5.73 Å². The van der Waals surface area contributed by atoms with Crippen LogP contribution in [-0.2, 0) is 6.54 Å². The number of likely N-dealkylation sites (tertiary alicyclic amines) is 1. The Morgan fingerprint density at radius 1 is 1.30 bits per heavy atom. The molecule has 1 aromatic carbocycles. The highest BCUT2D eigenvalue weighted by Crippen LogP contribution is 2.21. The highest BCUT2D eigenvalue weighted by Gasteiger charge is 2.24. The second-order valence-electron chi connectivity index (χ2n) is 5.47. The summed E-state index contributed by atoms with van der Waals surface area (Å²) in [6.45, 7) is 3.90. The van der Waals surface area contributed by atoms with E-state index in [9.17, 15) is 0 Å². The van der Waals surface area contributed by atoms with Gasteiger partial charge in [-0.1, -0.05) is 18.2 Å². The fourth-order valence-corrected chi connectivity index (χ4v) is 2.68. The Labute approximate surface area is 118 Å². The van der Waals surface area contributed by atoms with Crippen LogP contribution >= 0.6 is 0 Å². The van der Waals surface area contributed by atoms with E-state index in [4.69, 9.17) is 10.2 Å². The molecule has 2 heterocycles. The summed E-state index contributed by atoms with van der Waals surface area (Å²) in [5.74, 6) is 1.26. The van der Waals surface area contributed by atoms with Crippen molar-refractivity contribution in [3.05, 3.63) is 36.2 Å². The van der Waals surface area contributed by atoms with Crippen molar-refractivity contribution < 1.29 is 4.42 Å². The van der Waals surface area contributed by atoms with Crippen LogP contribution in [0.15, 0.2) is 34.7 Å². The van der Waals surface area contributed by atoms with Crippen molar-refractivity contribution in [1.29, 1.82) is 0 Å². The standard InChI is InChI=1S/C15H20N4O/c1-11-9-13(16)7-8-19(11)10-14-17-18-15(20-14)12-5-3-2-4-6-12/h2-6,11,13H,7-10,16H2,1H3. The fourth-order valence-electron chi connectivity index (χ4n) is 2.68. The maximum atomic E-state index is 5.98. The molecule has 2 unspecified atom stereocenters. The summed E-state index contributed by atoms with van der Waals surface area (Å²) in [6, 6.07) is 10.6. The van der Waals surface area contributed by atoms with Crippen LogP contribution in [0.3, 0.4) is 0 Å². The molecule has 1 aliphatic heterocycles. The molecule has 1 fully saturated rings. The number of hydrogen-bond acceptors (Lipinski definition) is 5. The van der Waals surface area contributed by atoms with E-state index in [2.05, 4.69) is 22.0 Å². The minimum Gasteiger partial charge on any atom is -0.419 e. The average Bonchev–Trinajstić information content (AvgIpc) is 2.92. The van der Waals surface area contributed by atoms with Gasteiger partial charge in [-0.05, 0) is 31.9 Å². The van der Waals surface area contributed by atoms with Gasteiger partial charge in [-0.3, -0.25) is 4.90 Å². The number of piperidine rings is 1. The minimum absolute atomic E-state index is 0.323. The SMILES string of the molecule is CC1CC(N)CCN1Cc1nnc(-c2ccccc2)o1. The van der Waals surface area contributed by atoms with Crippen molar-refractivity contribution in [1.82, 2.24) is 15.1 Å². The normalized spacial score (nSPS) is 23.9. The Morgan fingerprint density at radius 2 is 2.10 bits per heavy atom. The Kier molecular flexibility index (Phi) is 3.80. The van der Waals surface area contributed by atoms with E-state index in [0.29, 0.717) is 30.4 Å². The van der Waals surface area contributed by atoms with Crippen LogP contribution in [0.2, 0.25) is 0 Å². The molecule has 5 nitrogen and oxygen atoms in total. The van der Waals surface area contributed by atoms with Gasteiger partial charge in [-0.2, -0.15) is 0 Å². The number of aromatic nitrogens is 2. The van der Waals surface area contributed by atoms with E-state index in [1.54, 1.807) is 0 Å². The van der Waals surface area contributed by atoms with Crippen LogP contribution in [0, 0.1) is 0 Å². The molecule has 106 valence electrons. The molecule has 2 N–H and O–H groups in total. The van der Waals surface area contributed by atoms with Crippen LogP contribution in [0.5, 0.6) is 0 Å². The molecule has 2 aromatic rings. The van der Waals surface area contributed by atoms with E-state index >= 15 is 0 Å². The van der Waals surface area contributed by atoms with Crippen molar-refractivity contribution in [2.24, 2.45) is 5.73 Å². The first-order chi connectivity index (χ1) is 9.72. The molecule has 0 bridgehead atoms. The van der Waals surface area contributed by atoms with Gasteiger partial charge in [0.25, 0.3) is 0 Å². The summed E-state index contributed by atoms with van der Waals surface area (Å²) in [5.41, 5.74) is 6.94. The Hall–Kier alpha value is -1.72. The largest absolute Gasteiger partial charge is 0.419 e. The molecular formula is C15H20N4O. The van der Waals surface area contributed by atoms with Gasteiger partial charge < -0.3 is 10.2 Å². The smallest absolute Gasteiger partial charge is 0.247 e. The maximum absolute atomic E-state index is 5.98. The van der Waals surface area contributed by atoms with E-state index in [1.807, 2.05) is 30.3 Å². The molecule has 0 amide bonds. The zero-order valence-corrected chi connectivity index (χ0v) is 11.7. The zero-order chi connectivity index (χ0) is 13.9. The summed E-state index contributed by atoms with van der Waals surface area (Å²) in [7, 11) is 0. The molecule has 0 spiro atoms. The van der Waals surface area contributed by atoms with E-state index in [-0.39, 0.29) is 0 Å². The highest BCUT2D eigenvalue weighted by atomic mass is 16.4. The molecule has 2 atom stereocenters. The molecule has 0 saturated carbocycles. The fraction of sp³-hybridized carbons (Fsp3) is 0.467. The third-order valence-electron chi connectivity index (χ3n) is 3.88. The second-order valence-corrected chi connectivity index (χ2v) is 5.47. The Morgan fingerprint density at radius 3 is 2.85 bits per heavy atom. The highest BCUT2D eigenvalue weighted by molar-refractivity contribution is 5.51. The summed E-state index contributed by atoms with van der Waals surface area (Å²) in [5, 5.41) is 8.27. The van der Waals surface area contributed by atoms with E-state index < -0.39 is 0 Å². The van der Waals surface area contributed by atoms with Gasteiger partial charge in [0.2, 0.25) is 11.8 Å². The molecule has 1 saturated heterocycles. The van der Waals surface area contributed by atoms with Crippen molar-refractivity contribution >= 4 is 0 Å². The lowest BCUT2D eigenvalue weighted by atomic mass is 9.99. The Balaban J connectivity index is 1.69. The van der Waals surface area contributed by atoms with Crippen LogP contribution in [0.1, 0.15) is 25.7 Å². The van der Waals surface area contributed by atoms with Gasteiger partial charge in [0.15, 0.2) is 0 Å². The first-order valence-corrected chi connectivity index (χ1v) is 7.10. The Bertz CT molecular complexity index is 554. The van der Waals surface area contributed by atoms with Crippen LogP contribution in [-0.4, -0.2) is 33.7 Å². The second kappa shape index (κ2) is 5.73. The number of hydrogen-bond donors (Lipinski definition) is 1. The van der Waals surface area contributed by atoms with Crippen LogP contribution in [0.25, 0.3) is 11.5 Å². The number of benzene rings is 1. The number of nitrogens with two attached hydrogens (primary N) is 1. The molecule has 0 radical (unpaired) electrons. The number of rotatable bonds is 3. The monoisotopic (exact) mass is 272 g/mol. The first-order valence-electron chi connectivity index (χ1n) is 7.10. The first kappa shape index (κ1) is 13.3. The van der Waals surface area contributed by atoms with Gasteiger partial charge >= 0.3 is 0 Å². The van der Waals surface area contributed by atoms with E-state index in [0.717, 1.165) is 24.9 Å². The van der Waals surface area contributed by atoms with Gasteiger partial charge in [0, 0.05) is 24.2 Å². The average molecular weight is 272 g/mol. The topological polar surface area (TPSA) is 68.2 Å². The van der Waals surface area contributed by atoms with Gasteiger partial charge in [0.1, 0.15) is 0 Å². The molecule has 0 aliphatic carbocycles. The quantitative estimate of drug-likeness (QED) is 0.926. The summed E-state index contributed by atoms with van der Waals surface area (Å²) >= 11 is 0. The van der Waals surface area contributed by atoms with Crippen LogP contribution in [0.4, 0.5) is 0 Å². The lowest BCUT2D eigenvalue weighted by molar-refractivity contribution is 0.128. The molecule has 20 heavy (non-hydrogen) atoms. The molecule has 3 rings (SSSR count). The predicted octanol–water partition coefficient (Wildman–Crippen LogP) is 2.05. The third kappa shape index (κ3) is 2.89. The van der Waals surface area contributed by atoms with Gasteiger partial charge in [-0.25, -0.2) is 0 Å². The van der Waals surface area contributed by atoms with Gasteiger partial charge in [-0.15, -0.1) is 10.2 Å².